The predicted octanol–water partition coefficient (Wildman–Crippen LogP) is 2.60. The number of anilines is 2. The van der Waals surface area contributed by atoms with Crippen molar-refractivity contribution in [2.24, 2.45) is 0 Å². The molecule has 2 N–H and O–H groups in total. The molecule has 0 unspecified atom stereocenters. The number of rotatable bonds is 5. The van der Waals surface area contributed by atoms with Crippen LogP contribution in [0.1, 0.15) is 32.0 Å². The maximum absolute atomic E-state index is 13.1. The lowest BCUT2D eigenvalue weighted by atomic mass is 10.1. The molecule has 0 atom stereocenters. The second kappa shape index (κ2) is 11.9. The third-order valence-corrected chi connectivity index (χ3v) is 6.18. The minimum absolute atomic E-state index is 0.0325. The first-order valence-electron chi connectivity index (χ1n) is 12.4. The van der Waals surface area contributed by atoms with Gasteiger partial charge in [0.25, 0.3) is 11.8 Å². The number of ether oxygens (including phenoxy) is 1. The number of carbonyl (C=O) groups excluding carboxylic acids is 2. The zero-order valence-electron chi connectivity index (χ0n) is 21.6. The van der Waals surface area contributed by atoms with Crippen LogP contribution < -0.4 is 15.0 Å². The second-order valence-corrected chi connectivity index (χ2v) is 8.88. The molecule has 4 aromatic rings. The Morgan fingerprint density at radius 1 is 0.875 bits per heavy atom. The smallest absolute Gasteiger partial charge is 0.276 e. The van der Waals surface area contributed by atoms with Crippen molar-refractivity contribution >= 4 is 23.3 Å². The summed E-state index contributed by atoms with van der Waals surface area (Å²) in [7, 11) is 1.58. The van der Waals surface area contributed by atoms with Crippen LogP contribution in [0.5, 0.6) is 11.5 Å². The van der Waals surface area contributed by atoms with E-state index in [9.17, 15) is 14.7 Å². The molecule has 0 spiro atoms. The van der Waals surface area contributed by atoms with Crippen molar-refractivity contribution in [2.75, 3.05) is 43.5 Å². The summed E-state index contributed by atoms with van der Waals surface area (Å²) in [5.74, 6) is 6.73. The van der Waals surface area contributed by atoms with Gasteiger partial charge in [0, 0.05) is 61.6 Å². The zero-order valence-corrected chi connectivity index (χ0v) is 21.6. The Kier molecular flexibility index (Phi) is 7.78. The van der Waals surface area contributed by atoms with Crippen LogP contribution in [0, 0.1) is 11.8 Å². The molecule has 2 amide bonds. The van der Waals surface area contributed by atoms with Gasteiger partial charge in [-0.15, -0.1) is 10.2 Å². The Morgan fingerprint density at radius 3 is 2.23 bits per heavy atom. The minimum atomic E-state index is -0.362. The summed E-state index contributed by atoms with van der Waals surface area (Å²) in [5, 5.41) is 20.6. The maximum atomic E-state index is 13.1. The van der Waals surface area contributed by atoms with Crippen molar-refractivity contribution in [3.63, 3.8) is 0 Å². The number of nitrogens with zero attached hydrogens (tertiary/aromatic N) is 6. The third kappa shape index (κ3) is 6.31. The number of benzene rings is 1. The van der Waals surface area contributed by atoms with Gasteiger partial charge in [-0.25, -0.2) is 0 Å². The van der Waals surface area contributed by atoms with Crippen LogP contribution in [0.3, 0.4) is 0 Å². The van der Waals surface area contributed by atoms with Gasteiger partial charge in [-0.1, -0.05) is 11.8 Å². The van der Waals surface area contributed by atoms with Crippen LogP contribution in [0.4, 0.5) is 11.5 Å². The predicted molar refractivity (Wildman–Crippen MR) is 147 cm³/mol. The van der Waals surface area contributed by atoms with E-state index in [0.717, 1.165) is 0 Å². The fraction of sp³-hybridized carbons (Fsp3) is 0.172. The number of aromatic nitrogens is 4. The number of nitrogens with one attached hydrogen (secondary N) is 1. The van der Waals surface area contributed by atoms with Crippen molar-refractivity contribution in [2.45, 2.75) is 0 Å². The number of carbonyl (C=O) groups is 2. The molecule has 1 fully saturated rings. The van der Waals surface area contributed by atoms with Crippen LogP contribution in [0.25, 0.3) is 0 Å². The van der Waals surface area contributed by atoms with Crippen LogP contribution in [-0.2, 0) is 0 Å². The van der Waals surface area contributed by atoms with E-state index in [1.165, 1.54) is 18.5 Å². The molecule has 0 radical (unpaired) electrons. The highest BCUT2D eigenvalue weighted by Gasteiger charge is 2.24. The number of hydrogen-bond acceptors (Lipinski definition) is 9. The highest BCUT2D eigenvalue weighted by Crippen LogP contribution is 2.18. The molecule has 3 aromatic heterocycles. The Balaban J connectivity index is 1.16. The lowest BCUT2D eigenvalue weighted by Gasteiger charge is -2.35. The van der Waals surface area contributed by atoms with Gasteiger partial charge in [0.1, 0.15) is 11.5 Å². The molecule has 40 heavy (non-hydrogen) atoms. The standard InChI is InChI=1S/C29H25N7O4/c1-40-25-6-4-23(5-7-25)32-28(38)26-8-9-27(34-33-26)35-10-12-36(13-11-35)29(39)22-14-20(16-30-18-22)2-3-21-15-24(37)19-31-17-21/h4-9,14-19,37H,10-13H2,1H3,(H,32,38). The van der Waals surface area contributed by atoms with E-state index in [2.05, 4.69) is 37.3 Å². The fourth-order valence-electron chi connectivity index (χ4n) is 4.07. The average Bonchev–Trinajstić information content (AvgIpc) is 3.00. The molecule has 11 heteroatoms. The van der Waals surface area contributed by atoms with Crippen LogP contribution in [0.15, 0.2) is 73.3 Å². The van der Waals surface area contributed by atoms with Gasteiger partial charge in [-0.05, 0) is 48.5 Å². The Bertz CT molecular complexity index is 1570. The molecule has 5 rings (SSSR count). The van der Waals surface area contributed by atoms with Gasteiger partial charge in [0.2, 0.25) is 0 Å². The van der Waals surface area contributed by atoms with Crippen molar-refractivity contribution in [3.05, 3.63) is 95.7 Å². The van der Waals surface area contributed by atoms with Gasteiger partial charge < -0.3 is 25.0 Å². The summed E-state index contributed by atoms with van der Waals surface area (Å²) in [6, 6.07) is 13.6. The fourth-order valence-corrected chi connectivity index (χ4v) is 4.07. The molecule has 1 saturated heterocycles. The van der Waals surface area contributed by atoms with Gasteiger partial charge in [-0.3, -0.25) is 19.6 Å². The van der Waals surface area contributed by atoms with Crippen molar-refractivity contribution in [1.82, 2.24) is 25.1 Å². The molecule has 1 aromatic carbocycles. The van der Waals surface area contributed by atoms with Crippen molar-refractivity contribution in [1.29, 1.82) is 0 Å². The summed E-state index contributed by atoms with van der Waals surface area (Å²) < 4.78 is 5.13. The summed E-state index contributed by atoms with van der Waals surface area (Å²) >= 11 is 0. The third-order valence-electron chi connectivity index (χ3n) is 6.18. The second-order valence-electron chi connectivity index (χ2n) is 8.88. The first-order valence-corrected chi connectivity index (χ1v) is 12.4. The molecular weight excluding hydrogens is 510 g/mol. The topological polar surface area (TPSA) is 134 Å². The quantitative estimate of drug-likeness (QED) is 0.370. The molecule has 4 heterocycles. The van der Waals surface area contributed by atoms with Crippen LogP contribution >= 0.6 is 0 Å². The lowest BCUT2D eigenvalue weighted by Crippen LogP contribution is -2.49. The van der Waals surface area contributed by atoms with E-state index < -0.39 is 0 Å². The first-order chi connectivity index (χ1) is 19.5. The number of aromatic hydroxyl groups is 1. The van der Waals surface area contributed by atoms with Crippen LogP contribution in [0.2, 0.25) is 0 Å². The van der Waals surface area contributed by atoms with Crippen LogP contribution in [-0.4, -0.2) is 75.3 Å². The first kappa shape index (κ1) is 26.1. The van der Waals surface area contributed by atoms with Crippen molar-refractivity contribution in [3.8, 4) is 23.3 Å². The molecule has 1 aliphatic heterocycles. The van der Waals surface area contributed by atoms with E-state index in [0.29, 0.717) is 60.1 Å². The van der Waals surface area contributed by atoms with Crippen molar-refractivity contribution < 1.29 is 19.4 Å². The molecule has 11 nitrogen and oxygen atoms in total. The van der Waals surface area contributed by atoms with Gasteiger partial charge >= 0.3 is 0 Å². The number of hydrogen-bond donors (Lipinski definition) is 2. The molecule has 0 saturated carbocycles. The summed E-state index contributed by atoms with van der Waals surface area (Å²) in [4.78, 5) is 37.5. The highest BCUT2D eigenvalue weighted by atomic mass is 16.5. The number of pyridine rings is 2. The summed E-state index contributed by atoms with van der Waals surface area (Å²) in [5.41, 5.74) is 2.41. The van der Waals surface area contributed by atoms with E-state index in [-0.39, 0.29) is 23.3 Å². The maximum Gasteiger partial charge on any atom is 0.276 e. The molecule has 200 valence electrons. The number of amides is 2. The average molecular weight is 536 g/mol. The largest absolute Gasteiger partial charge is 0.506 e. The summed E-state index contributed by atoms with van der Waals surface area (Å²) in [6.07, 6.45) is 5.98. The Morgan fingerprint density at radius 2 is 1.57 bits per heavy atom. The molecule has 0 aliphatic carbocycles. The zero-order chi connectivity index (χ0) is 27.9. The van der Waals surface area contributed by atoms with E-state index in [1.807, 2.05) is 4.90 Å². The summed E-state index contributed by atoms with van der Waals surface area (Å²) in [6.45, 7) is 2.11. The van der Waals surface area contributed by atoms with Gasteiger partial charge in [0.05, 0.1) is 18.9 Å². The number of methoxy groups -OCH3 is 1. The highest BCUT2D eigenvalue weighted by molar-refractivity contribution is 6.02. The van der Waals surface area contributed by atoms with E-state index in [1.54, 1.807) is 66.9 Å². The molecule has 0 bridgehead atoms. The molecule has 1 aliphatic rings. The Labute approximate surface area is 230 Å². The monoisotopic (exact) mass is 535 g/mol. The lowest BCUT2D eigenvalue weighted by molar-refractivity contribution is 0.0745. The Hall–Kier alpha value is -5.50. The van der Waals surface area contributed by atoms with E-state index in [4.69, 9.17) is 4.74 Å². The SMILES string of the molecule is COc1ccc(NC(=O)c2ccc(N3CCN(C(=O)c4cncc(C#Cc5cncc(O)c5)c4)CC3)nn2)cc1. The van der Waals surface area contributed by atoms with E-state index >= 15 is 0 Å². The normalized spacial score (nSPS) is 12.7. The molecular formula is C29H25N7O4. The number of piperazine rings is 1. The van der Waals surface area contributed by atoms with Gasteiger partial charge in [0.15, 0.2) is 11.5 Å². The minimum Gasteiger partial charge on any atom is -0.506 e. The van der Waals surface area contributed by atoms with Gasteiger partial charge in [-0.2, -0.15) is 0 Å².